The Morgan fingerprint density at radius 2 is 2.44 bits per heavy atom. The molecule has 2 rings (SSSR count). The van der Waals surface area contributed by atoms with E-state index in [-0.39, 0.29) is 0 Å². The van der Waals surface area contributed by atoms with Crippen LogP contribution in [0.25, 0.3) is 0 Å². The van der Waals surface area contributed by atoms with Gasteiger partial charge in [0, 0.05) is 32.3 Å². The van der Waals surface area contributed by atoms with E-state index in [2.05, 4.69) is 16.7 Å². The Morgan fingerprint density at radius 3 is 3.31 bits per heavy atom. The zero-order valence-corrected chi connectivity index (χ0v) is 9.58. The van der Waals surface area contributed by atoms with E-state index in [1.807, 2.05) is 12.1 Å². The molecule has 0 amide bonds. The number of hydrogen-bond donors (Lipinski definition) is 2. The second kappa shape index (κ2) is 5.72. The van der Waals surface area contributed by atoms with Crippen molar-refractivity contribution in [2.45, 2.75) is 6.54 Å². The van der Waals surface area contributed by atoms with Crippen LogP contribution in [0.5, 0.6) is 5.75 Å². The zero-order chi connectivity index (χ0) is 11.2. The predicted octanol–water partition coefficient (Wildman–Crippen LogP) is 1.23. The minimum absolute atomic E-state index is 0.730. The van der Waals surface area contributed by atoms with Gasteiger partial charge in [0.15, 0.2) is 0 Å². The van der Waals surface area contributed by atoms with Crippen LogP contribution >= 0.6 is 0 Å². The average Bonchev–Trinajstić information content (AvgIpc) is 2.35. The first-order valence-corrected chi connectivity index (χ1v) is 5.60. The van der Waals surface area contributed by atoms with Gasteiger partial charge in [-0.1, -0.05) is 12.1 Å². The fourth-order valence-corrected chi connectivity index (χ4v) is 1.77. The van der Waals surface area contributed by atoms with Gasteiger partial charge >= 0.3 is 0 Å². The molecule has 0 atom stereocenters. The molecule has 0 saturated heterocycles. The molecule has 1 aliphatic rings. The average molecular weight is 222 g/mol. The van der Waals surface area contributed by atoms with Gasteiger partial charge in [-0.25, -0.2) is 0 Å². The van der Waals surface area contributed by atoms with E-state index in [0.29, 0.717) is 0 Å². The molecular weight excluding hydrogens is 204 g/mol. The second-order valence-corrected chi connectivity index (χ2v) is 3.74. The highest BCUT2D eigenvalue weighted by molar-refractivity contribution is 5.61. The number of para-hydroxylation sites is 1. The van der Waals surface area contributed by atoms with Crippen LogP contribution in [0.3, 0.4) is 0 Å². The highest BCUT2D eigenvalue weighted by atomic mass is 16.5. The molecule has 0 saturated carbocycles. The molecular formula is C12H18N2O2. The Kier molecular flexibility index (Phi) is 4.02. The van der Waals surface area contributed by atoms with Gasteiger partial charge < -0.3 is 20.1 Å². The lowest BCUT2D eigenvalue weighted by molar-refractivity contribution is 0.199. The largest absolute Gasteiger partial charge is 0.489 e. The Bertz CT molecular complexity index is 342. The number of fused-ring (bicyclic) bond motifs is 1. The number of hydrogen-bond acceptors (Lipinski definition) is 4. The van der Waals surface area contributed by atoms with E-state index in [1.54, 1.807) is 7.11 Å². The normalized spacial score (nSPS) is 13.8. The lowest BCUT2D eigenvalue weighted by Crippen LogP contribution is -2.22. The van der Waals surface area contributed by atoms with Crippen molar-refractivity contribution in [1.82, 2.24) is 5.32 Å². The van der Waals surface area contributed by atoms with E-state index in [9.17, 15) is 0 Å². The van der Waals surface area contributed by atoms with E-state index in [1.165, 1.54) is 5.56 Å². The van der Waals surface area contributed by atoms with Crippen molar-refractivity contribution in [2.75, 3.05) is 38.7 Å². The van der Waals surface area contributed by atoms with Crippen LogP contribution in [-0.4, -0.2) is 33.4 Å². The molecule has 2 N–H and O–H groups in total. The fourth-order valence-electron chi connectivity index (χ4n) is 1.77. The van der Waals surface area contributed by atoms with Crippen LogP contribution in [0, 0.1) is 0 Å². The molecule has 4 nitrogen and oxygen atoms in total. The Balaban J connectivity index is 1.97. The molecule has 1 heterocycles. The molecule has 0 fully saturated rings. The molecule has 16 heavy (non-hydrogen) atoms. The predicted molar refractivity (Wildman–Crippen MR) is 64.0 cm³/mol. The molecule has 0 aliphatic carbocycles. The summed E-state index contributed by atoms with van der Waals surface area (Å²) in [6, 6.07) is 6.19. The molecule has 88 valence electrons. The molecule has 0 radical (unpaired) electrons. The second-order valence-electron chi connectivity index (χ2n) is 3.74. The van der Waals surface area contributed by atoms with Crippen molar-refractivity contribution in [3.63, 3.8) is 0 Å². The Labute approximate surface area is 95.9 Å². The first-order chi connectivity index (χ1) is 7.92. The highest BCUT2D eigenvalue weighted by Gasteiger charge is 2.12. The van der Waals surface area contributed by atoms with E-state index < -0.39 is 0 Å². The van der Waals surface area contributed by atoms with E-state index >= 15 is 0 Å². The third kappa shape index (κ3) is 2.65. The fraction of sp³-hybridized carbons (Fsp3) is 0.500. The van der Waals surface area contributed by atoms with Gasteiger partial charge in [0.2, 0.25) is 0 Å². The summed E-state index contributed by atoms with van der Waals surface area (Å²) in [4.78, 5) is 0. The van der Waals surface area contributed by atoms with E-state index in [4.69, 9.17) is 9.47 Å². The van der Waals surface area contributed by atoms with Gasteiger partial charge in [0.05, 0.1) is 12.3 Å². The molecule has 1 aromatic rings. The quantitative estimate of drug-likeness (QED) is 0.735. The number of methoxy groups -OCH3 is 1. The molecule has 4 heteroatoms. The van der Waals surface area contributed by atoms with Crippen LogP contribution in [0.2, 0.25) is 0 Å². The number of nitrogens with one attached hydrogen (secondary N) is 2. The molecule has 1 aromatic carbocycles. The maximum atomic E-state index is 5.68. The molecule has 1 aliphatic heterocycles. The van der Waals surface area contributed by atoms with Crippen LogP contribution < -0.4 is 15.4 Å². The summed E-state index contributed by atoms with van der Waals surface area (Å²) in [5.74, 6) is 0.985. The minimum atomic E-state index is 0.730. The van der Waals surface area contributed by atoms with Crippen LogP contribution in [0.1, 0.15) is 5.56 Å². The summed E-state index contributed by atoms with van der Waals surface area (Å²) < 4.78 is 10.7. The SMILES string of the molecule is COCCNCc1cccc2c1OCCN2. The van der Waals surface area contributed by atoms with Crippen LogP contribution in [-0.2, 0) is 11.3 Å². The van der Waals surface area contributed by atoms with Crippen LogP contribution in [0.4, 0.5) is 5.69 Å². The number of benzene rings is 1. The maximum Gasteiger partial charge on any atom is 0.146 e. The summed E-state index contributed by atoms with van der Waals surface area (Å²) in [5.41, 5.74) is 2.29. The van der Waals surface area contributed by atoms with Crippen molar-refractivity contribution in [1.29, 1.82) is 0 Å². The Morgan fingerprint density at radius 1 is 1.50 bits per heavy atom. The summed E-state index contributed by atoms with van der Waals surface area (Å²) in [5, 5.41) is 6.65. The van der Waals surface area contributed by atoms with Crippen molar-refractivity contribution in [3.8, 4) is 5.75 Å². The third-order valence-electron chi connectivity index (χ3n) is 2.56. The first-order valence-electron chi connectivity index (χ1n) is 5.60. The van der Waals surface area contributed by atoms with Crippen molar-refractivity contribution in [3.05, 3.63) is 23.8 Å². The van der Waals surface area contributed by atoms with Crippen molar-refractivity contribution in [2.24, 2.45) is 0 Å². The summed E-state index contributed by atoms with van der Waals surface area (Å²) in [6.07, 6.45) is 0. The number of rotatable bonds is 5. The minimum Gasteiger partial charge on any atom is -0.489 e. The summed E-state index contributed by atoms with van der Waals surface area (Å²) in [6.45, 7) is 4.02. The maximum absolute atomic E-state index is 5.68. The third-order valence-corrected chi connectivity index (χ3v) is 2.56. The monoisotopic (exact) mass is 222 g/mol. The van der Waals surface area contributed by atoms with Gasteiger partial charge in [-0.05, 0) is 6.07 Å². The molecule has 0 bridgehead atoms. The standard InChI is InChI=1S/C12H18N2O2/c1-15-7-5-13-9-10-3-2-4-11-12(10)16-8-6-14-11/h2-4,13-14H,5-9H2,1H3. The van der Waals surface area contributed by atoms with Gasteiger partial charge in [-0.2, -0.15) is 0 Å². The first kappa shape index (κ1) is 11.2. The lowest BCUT2D eigenvalue weighted by atomic mass is 10.1. The van der Waals surface area contributed by atoms with Gasteiger partial charge in [0.1, 0.15) is 12.4 Å². The molecule has 0 spiro atoms. The topological polar surface area (TPSA) is 42.5 Å². The smallest absolute Gasteiger partial charge is 0.146 e. The molecule has 0 aromatic heterocycles. The lowest BCUT2D eigenvalue weighted by Gasteiger charge is -2.21. The molecule has 0 unspecified atom stereocenters. The van der Waals surface area contributed by atoms with Crippen molar-refractivity contribution < 1.29 is 9.47 Å². The Hall–Kier alpha value is -1.26. The summed E-state index contributed by atoms with van der Waals surface area (Å²) >= 11 is 0. The number of ether oxygens (including phenoxy) is 2. The van der Waals surface area contributed by atoms with Crippen LogP contribution in [0.15, 0.2) is 18.2 Å². The number of anilines is 1. The highest BCUT2D eigenvalue weighted by Crippen LogP contribution is 2.30. The van der Waals surface area contributed by atoms with Gasteiger partial charge in [0.25, 0.3) is 0 Å². The van der Waals surface area contributed by atoms with Gasteiger partial charge in [-0.15, -0.1) is 0 Å². The van der Waals surface area contributed by atoms with Crippen molar-refractivity contribution >= 4 is 5.69 Å². The summed E-state index contributed by atoms with van der Waals surface area (Å²) in [7, 11) is 1.71. The zero-order valence-electron chi connectivity index (χ0n) is 9.58. The van der Waals surface area contributed by atoms with E-state index in [0.717, 1.165) is 44.3 Å². The van der Waals surface area contributed by atoms with Gasteiger partial charge in [-0.3, -0.25) is 0 Å².